The molecule has 0 aliphatic rings. The van der Waals surface area contributed by atoms with E-state index in [1.165, 1.54) is 11.3 Å². The Hall–Kier alpha value is -2.92. The molecule has 1 N–H and O–H groups in total. The zero-order chi connectivity index (χ0) is 21.6. The lowest BCUT2D eigenvalue weighted by molar-refractivity contribution is -0.142. The highest BCUT2D eigenvalue weighted by atomic mass is 32.1. The normalized spacial score (nSPS) is 11.4. The number of thiazole rings is 1. The maximum atomic E-state index is 12.5. The van der Waals surface area contributed by atoms with Gasteiger partial charge >= 0.3 is 5.97 Å². The standard InChI is InChI=1S/C21H26N4O3S/c1-6-28-19(26)9-18-12-29-21(23-18)24-20(27)17(10-22)8-16-7-14(4)25(15(16)5)11-13(2)3/h7-8,12-13H,6,9,11H2,1-5H3,(H,23,24,27)/b17-8+. The summed E-state index contributed by atoms with van der Waals surface area (Å²) < 4.78 is 7.08. The lowest BCUT2D eigenvalue weighted by Gasteiger charge is -2.12. The Morgan fingerprint density at radius 2 is 2.14 bits per heavy atom. The van der Waals surface area contributed by atoms with Crippen molar-refractivity contribution in [3.63, 3.8) is 0 Å². The van der Waals surface area contributed by atoms with Crippen molar-refractivity contribution in [1.29, 1.82) is 5.26 Å². The molecule has 7 nitrogen and oxygen atoms in total. The van der Waals surface area contributed by atoms with Crippen molar-refractivity contribution in [1.82, 2.24) is 9.55 Å². The van der Waals surface area contributed by atoms with E-state index in [1.807, 2.05) is 26.0 Å². The summed E-state index contributed by atoms with van der Waals surface area (Å²) in [6, 6.07) is 3.94. The Morgan fingerprint density at radius 1 is 1.41 bits per heavy atom. The third-order valence-electron chi connectivity index (χ3n) is 4.23. The number of carbonyl (C=O) groups is 2. The van der Waals surface area contributed by atoms with Crippen LogP contribution in [0.1, 0.15) is 43.4 Å². The second-order valence-corrected chi connectivity index (χ2v) is 7.94. The van der Waals surface area contributed by atoms with Crippen molar-refractivity contribution in [3.8, 4) is 6.07 Å². The van der Waals surface area contributed by atoms with Crippen LogP contribution < -0.4 is 5.32 Å². The Balaban J connectivity index is 2.15. The number of aryl methyl sites for hydroxylation is 1. The van der Waals surface area contributed by atoms with Gasteiger partial charge in [-0.25, -0.2) is 4.98 Å². The van der Waals surface area contributed by atoms with Crippen LogP contribution in [-0.4, -0.2) is 28.0 Å². The van der Waals surface area contributed by atoms with Gasteiger partial charge in [0.1, 0.15) is 11.6 Å². The van der Waals surface area contributed by atoms with Crippen LogP contribution in [0, 0.1) is 31.1 Å². The fourth-order valence-corrected chi connectivity index (χ4v) is 3.60. The van der Waals surface area contributed by atoms with Crippen molar-refractivity contribution in [2.75, 3.05) is 11.9 Å². The summed E-state index contributed by atoms with van der Waals surface area (Å²) in [7, 11) is 0. The molecule has 154 valence electrons. The zero-order valence-corrected chi connectivity index (χ0v) is 18.2. The predicted octanol–water partition coefficient (Wildman–Crippen LogP) is 3.87. The van der Waals surface area contributed by atoms with Gasteiger partial charge in [-0.15, -0.1) is 11.3 Å². The van der Waals surface area contributed by atoms with Crippen LogP contribution >= 0.6 is 11.3 Å². The second kappa shape index (κ2) is 10.0. The molecule has 2 aromatic heterocycles. The van der Waals surface area contributed by atoms with Crippen LogP contribution in [0.5, 0.6) is 0 Å². The van der Waals surface area contributed by atoms with Crippen molar-refractivity contribution in [3.05, 3.63) is 39.7 Å². The summed E-state index contributed by atoms with van der Waals surface area (Å²) in [6.07, 6.45) is 1.64. The van der Waals surface area contributed by atoms with Gasteiger partial charge in [-0.05, 0) is 44.4 Å². The van der Waals surface area contributed by atoms with Crippen LogP contribution in [-0.2, 0) is 27.3 Å². The van der Waals surface area contributed by atoms with E-state index in [9.17, 15) is 14.9 Å². The van der Waals surface area contributed by atoms with E-state index in [2.05, 4.69) is 28.7 Å². The highest BCUT2D eigenvalue weighted by molar-refractivity contribution is 7.14. The third-order valence-corrected chi connectivity index (χ3v) is 5.03. The first-order valence-electron chi connectivity index (χ1n) is 9.45. The number of rotatable bonds is 8. The van der Waals surface area contributed by atoms with Gasteiger partial charge in [-0.1, -0.05) is 13.8 Å². The molecule has 0 saturated heterocycles. The van der Waals surface area contributed by atoms with E-state index in [1.54, 1.807) is 18.4 Å². The summed E-state index contributed by atoms with van der Waals surface area (Å²) in [5, 5.41) is 14.1. The topological polar surface area (TPSA) is 97.0 Å². The van der Waals surface area contributed by atoms with Crippen LogP contribution in [0.4, 0.5) is 5.13 Å². The van der Waals surface area contributed by atoms with E-state index in [4.69, 9.17) is 4.74 Å². The first kappa shape index (κ1) is 22.4. The lowest BCUT2D eigenvalue weighted by atomic mass is 10.1. The van der Waals surface area contributed by atoms with Gasteiger partial charge < -0.3 is 9.30 Å². The number of esters is 1. The van der Waals surface area contributed by atoms with Crippen molar-refractivity contribution in [2.24, 2.45) is 5.92 Å². The average molecular weight is 415 g/mol. The molecule has 0 atom stereocenters. The van der Waals surface area contributed by atoms with Gasteiger partial charge in [0.15, 0.2) is 5.13 Å². The van der Waals surface area contributed by atoms with Gasteiger partial charge in [-0.3, -0.25) is 14.9 Å². The van der Waals surface area contributed by atoms with E-state index < -0.39 is 5.91 Å². The number of amides is 1. The number of hydrogen-bond acceptors (Lipinski definition) is 6. The minimum Gasteiger partial charge on any atom is -0.466 e. The van der Waals surface area contributed by atoms with E-state index in [-0.39, 0.29) is 18.0 Å². The summed E-state index contributed by atoms with van der Waals surface area (Å²) in [5.41, 5.74) is 3.46. The first-order chi connectivity index (χ1) is 13.7. The third kappa shape index (κ3) is 6.03. The molecule has 0 bridgehead atoms. The highest BCUT2D eigenvalue weighted by Crippen LogP contribution is 2.21. The summed E-state index contributed by atoms with van der Waals surface area (Å²) in [4.78, 5) is 28.3. The number of aromatic nitrogens is 2. The minimum absolute atomic E-state index is 0.00283. The van der Waals surface area contributed by atoms with Crippen LogP contribution in [0.3, 0.4) is 0 Å². The molecule has 8 heteroatoms. The maximum Gasteiger partial charge on any atom is 0.311 e. The number of ether oxygens (including phenoxy) is 1. The number of nitriles is 1. The fourth-order valence-electron chi connectivity index (χ4n) is 2.89. The summed E-state index contributed by atoms with van der Waals surface area (Å²) >= 11 is 1.20. The molecule has 0 aromatic carbocycles. The SMILES string of the molecule is CCOC(=O)Cc1csc(NC(=O)/C(C#N)=C/c2cc(C)n(CC(C)C)c2C)n1. The monoisotopic (exact) mass is 414 g/mol. The molecule has 2 rings (SSSR count). The zero-order valence-electron chi connectivity index (χ0n) is 17.4. The van der Waals surface area contributed by atoms with Gasteiger partial charge in [0.25, 0.3) is 5.91 Å². The molecule has 1 amide bonds. The van der Waals surface area contributed by atoms with Crippen LogP contribution in [0.2, 0.25) is 0 Å². The number of anilines is 1. The Kier molecular flexibility index (Phi) is 7.74. The molecular weight excluding hydrogens is 388 g/mol. The number of nitrogens with zero attached hydrogens (tertiary/aromatic N) is 3. The van der Waals surface area contributed by atoms with Crippen molar-refractivity contribution in [2.45, 2.75) is 47.6 Å². The van der Waals surface area contributed by atoms with E-state index in [0.717, 1.165) is 23.5 Å². The molecule has 2 heterocycles. The molecule has 0 spiro atoms. The molecule has 2 aromatic rings. The molecule has 0 aliphatic carbocycles. The van der Waals surface area contributed by atoms with Crippen LogP contribution in [0.15, 0.2) is 17.0 Å². The van der Waals surface area contributed by atoms with Gasteiger partial charge in [0.05, 0.1) is 18.7 Å². The largest absolute Gasteiger partial charge is 0.466 e. The summed E-state index contributed by atoms with van der Waals surface area (Å²) in [5.74, 6) is -0.410. The smallest absolute Gasteiger partial charge is 0.311 e. The lowest BCUT2D eigenvalue weighted by Crippen LogP contribution is -2.14. The van der Waals surface area contributed by atoms with Gasteiger partial charge in [-0.2, -0.15) is 5.26 Å². The van der Waals surface area contributed by atoms with E-state index in [0.29, 0.717) is 23.4 Å². The van der Waals surface area contributed by atoms with Gasteiger partial charge in [0, 0.05) is 23.3 Å². The molecule has 0 saturated carbocycles. The maximum absolute atomic E-state index is 12.5. The average Bonchev–Trinajstić information content (AvgIpc) is 3.18. The Bertz CT molecular complexity index is 963. The van der Waals surface area contributed by atoms with Crippen molar-refractivity contribution < 1.29 is 14.3 Å². The first-order valence-corrected chi connectivity index (χ1v) is 10.3. The number of nitrogens with one attached hydrogen (secondary N) is 1. The molecule has 0 unspecified atom stereocenters. The fraction of sp³-hybridized carbons (Fsp3) is 0.429. The number of hydrogen-bond donors (Lipinski definition) is 1. The predicted molar refractivity (Wildman–Crippen MR) is 113 cm³/mol. The Labute approximate surface area is 175 Å². The molecule has 0 fully saturated rings. The molecular formula is C21H26N4O3S. The quantitative estimate of drug-likeness (QED) is 0.402. The van der Waals surface area contributed by atoms with E-state index >= 15 is 0 Å². The molecule has 0 radical (unpaired) electrons. The number of carbonyl (C=O) groups excluding carboxylic acids is 2. The second-order valence-electron chi connectivity index (χ2n) is 7.08. The van der Waals surface area contributed by atoms with Gasteiger partial charge in [0.2, 0.25) is 0 Å². The van der Waals surface area contributed by atoms with Crippen LogP contribution in [0.25, 0.3) is 6.08 Å². The molecule has 29 heavy (non-hydrogen) atoms. The summed E-state index contributed by atoms with van der Waals surface area (Å²) in [6.45, 7) is 11.2. The minimum atomic E-state index is -0.529. The highest BCUT2D eigenvalue weighted by Gasteiger charge is 2.16. The Morgan fingerprint density at radius 3 is 2.76 bits per heavy atom. The van der Waals surface area contributed by atoms with Crippen molar-refractivity contribution >= 4 is 34.4 Å². The molecule has 0 aliphatic heterocycles.